The van der Waals surface area contributed by atoms with Crippen LogP contribution in [0.1, 0.15) is 43.5 Å². The quantitative estimate of drug-likeness (QED) is 0.638. The number of amides is 2. The van der Waals surface area contributed by atoms with Crippen LogP contribution in [0.15, 0.2) is 0 Å². The summed E-state index contributed by atoms with van der Waals surface area (Å²) in [6.07, 6.45) is 0.256. The number of nitrogens with zero attached hydrogens (tertiary/aromatic N) is 2. The summed E-state index contributed by atoms with van der Waals surface area (Å²) in [4.78, 5) is 31.9. The summed E-state index contributed by atoms with van der Waals surface area (Å²) in [5.74, 6) is -0.151. The zero-order chi connectivity index (χ0) is 17.9. The molecule has 1 fully saturated rings. The molecular weight excluding hydrogens is 334 g/mol. The van der Waals surface area contributed by atoms with Crippen LogP contribution in [0.4, 0.5) is 4.79 Å². The van der Waals surface area contributed by atoms with Crippen LogP contribution >= 0.6 is 11.6 Å². The van der Waals surface area contributed by atoms with Crippen molar-refractivity contribution in [2.45, 2.75) is 51.7 Å². The molecule has 1 aliphatic rings. The Morgan fingerprint density at radius 3 is 2.71 bits per heavy atom. The predicted molar refractivity (Wildman–Crippen MR) is 90.5 cm³/mol. The first-order chi connectivity index (χ1) is 11.3. The van der Waals surface area contributed by atoms with Crippen LogP contribution in [0.3, 0.4) is 0 Å². The van der Waals surface area contributed by atoms with Crippen LogP contribution in [-0.2, 0) is 6.42 Å². The summed E-state index contributed by atoms with van der Waals surface area (Å²) >= 11 is 5.98. The van der Waals surface area contributed by atoms with Gasteiger partial charge in [0.1, 0.15) is 0 Å². The molecule has 0 saturated carbocycles. The van der Waals surface area contributed by atoms with Gasteiger partial charge in [-0.1, -0.05) is 32.4 Å². The Labute approximate surface area is 146 Å². The van der Waals surface area contributed by atoms with Gasteiger partial charge in [0.05, 0.1) is 5.69 Å². The van der Waals surface area contributed by atoms with E-state index >= 15 is 0 Å². The molecule has 134 valence electrons. The van der Waals surface area contributed by atoms with Crippen molar-refractivity contribution in [3.8, 4) is 0 Å². The molecule has 2 amide bonds. The number of aryl methyl sites for hydroxylation is 1. The number of carbonyl (C=O) groups excluding carboxylic acids is 1. The average Bonchev–Trinajstić information content (AvgIpc) is 2.89. The second kappa shape index (κ2) is 7.85. The molecule has 0 radical (unpaired) electrons. The molecule has 2 rings (SSSR count). The molecule has 0 aliphatic carbocycles. The van der Waals surface area contributed by atoms with Gasteiger partial charge < -0.3 is 25.6 Å². The highest BCUT2D eigenvalue weighted by Gasteiger charge is 2.33. The van der Waals surface area contributed by atoms with Crippen molar-refractivity contribution in [3.05, 3.63) is 16.7 Å². The van der Waals surface area contributed by atoms with Crippen molar-refractivity contribution >= 4 is 23.6 Å². The van der Waals surface area contributed by atoms with E-state index in [4.69, 9.17) is 11.6 Å². The maximum absolute atomic E-state index is 12.4. The Hall–Kier alpha value is -1.80. The number of H-pyrrole nitrogens is 1. The van der Waals surface area contributed by atoms with Gasteiger partial charge in [-0.15, -0.1) is 0 Å². The Kier molecular flexibility index (Phi) is 6.06. The zero-order valence-corrected chi connectivity index (χ0v) is 14.9. The van der Waals surface area contributed by atoms with Crippen LogP contribution < -0.4 is 10.6 Å². The number of piperidine rings is 1. The Morgan fingerprint density at radius 1 is 1.46 bits per heavy atom. The van der Waals surface area contributed by atoms with Crippen LogP contribution in [0.25, 0.3) is 0 Å². The summed E-state index contributed by atoms with van der Waals surface area (Å²) in [7, 11) is 0. The summed E-state index contributed by atoms with van der Waals surface area (Å²) in [5.41, 5.74) is 0.722. The largest absolute Gasteiger partial charge is 0.465 e. The minimum absolute atomic E-state index is 0.158. The highest BCUT2D eigenvalue weighted by molar-refractivity contribution is 6.30. The zero-order valence-electron chi connectivity index (χ0n) is 14.1. The highest BCUT2D eigenvalue weighted by Crippen LogP contribution is 2.15. The molecule has 9 heteroatoms. The van der Waals surface area contributed by atoms with E-state index in [9.17, 15) is 14.7 Å². The van der Waals surface area contributed by atoms with Crippen molar-refractivity contribution in [2.24, 2.45) is 0 Å². The standard InChI is InChI=1S/C15H24ClN5O3/c1-4-9-12(16)20-13(18-9)14(22)19-10-5-6-21(15(23)24)7-11(10)17-8(2)3/h8,10-11,17H,4-7H2,1-3H3,(H,18,20)(H,19,22)(H,23,24). The minimum atomic E-state index is -0.944. The van der Waals surface area contributed by atoms with Gasteiger partial charge >= 0.3 is 6.09 Å². The molecule has 1 saturated heterocycles. The Balaban J connectivity index is 2.07. The second-order valence-electron chi connectivity index (χ2n) is 6.23. The van der Waals surface area contributed by atoms with E-state index < -0.39 is 6.09 Å². The molecule has 1 aliphatic heterocycles. The molecule has 0 spiro atoms. The van der Waals surface area contributed by atoms with E-state index in [1.165, 1.54) is 4.90 Å². The van der Waals surface area contributed by atoms with Gasteiger partial charge in [0.25, 0.3) is 5.91 Å². The maximum atomic E-state index is 12.4. The monoisotopic (exact) mass is 357 g/mol. The van der Waals surface area contributed by atoms with Crippen molar-refractivity contribution in [1.82, 2.24) is 25.5 Å². The SMILES string of the molecule is CCc1[nH]c(C(=O)NC2CCN(C(=O)O)CC2NC(C)C)nc1Cl. The first-order valence-electron chi connectivity index (χ1n) is 8.11. The minimum Gasteiger partial charge on any atom is -0.465 e. The topological polar surface area (TPSA) is 110 Å². The molecule has 24 heavy (non-hydrogen) atoms. The number of hydrogen-bond donors (Lipinski definition) is 4. The van der Waals surface area contributed by atoms with E-state index in [-0.39, 0.29) is 29.9 Å². The van der Waals surface area contributed by atoms with Gasteiger partial charge in [0.15, 0.2) is 11.0 Å². The second-order valence-corrected chi connectivity index (χ2v) is 6.59. The summed E-state index contributed by atoms with van der Waals surface area (Å²) in [5, 5.41) is 15.7. The molecular formula is C15H24ClN5O3. The lowest BCUT2D eigenvalue weighted by Gasteiger charge is -2.38. The van der Waals surface area contributed by atoms with Gasteiger partial charge in [-0.05, 0) is 12.8 Å². The lowest BCUT2D eigenvalue weighted by Crippen LogP contribution is -2.61. The van der Waals surface area contributed by atoms with Crippen LogP contribution in [0.2, 0.25) is 5.15 Å². The number of carboxylic acid groups (broad SMARTS) is 1. The summed E-state index contributed by atoms with van der Waals surface area (Å²) in [6, 6.07) is -0.160. The maximum Gasteiger partial charge on any atom is 0.407 e. The smallest absolute Gasteiger partial charge is 0.407 e. The Bertz CT molecular complexity index is 604. The molecule has 0 aromatic carbocycles. The number of aromatic amines is 1. The van der Waals surface area contributed by atoms with Gasteiger partial charge in [-0.3, -0.25) is 4.79 Å². The number of hydrogen-bond acceptors (Lipinski definition) is 4. The fourth-order valence-electron chi connectivity index (χ4n) is 2.86. The van der Waals surface area contributed by atoms with Crippen molar-refractivity contribution in [1.29, 1.82) is 0 Å². The summed E-state index contributed by atoms with van der Waals surface area (Å²) < 4.78 is 0. The first kappa shape index (κ1) is 18.5. The molecule has 4 N–H and O–H groups in total. The molecule has 0 bridgehead atoms. The lowest BCUT2D eigenvalue weighted by atomic mass is 9.98. The van der Waals surface area contributed by atoms with E-state index in [1.807, 2.05) is 20.8 Å². The van der Waals surface area contributed by atoms with Gasteiger partial charge in [-0.25, -0.2) is 9.78 Å². The summed E-state index contributed by atoms with van der Waals surface area (Å²) in [6.45, 7) is 6.61. The van der Waals surface area contributed by atoms with E-state index in [2.05, 4.69) is 20.6 Å². The van der Waals surface area contributed by atoms with Gasteiger partial charge in [-0.2, -0.15) is 0 Å². The van der Waals surface area contributed by atoms with Crippen molar-refractivity contribution in [3.63, 3.8) is 0 Å². The number of halogens is 1. The van der Waals surface area contributed by atoms with E-state index in [1.54, 1.807) is 0 Å². The molecule has 2 heterocycles. The van der Waals surface area contributed by atoms with Crippen LogP contribution in [0.5, 0.6) is 0 Å². The highest BCUT2D eigenvalue weighted by atomic mass is 35.5. The first-order valence-corrected chi connectivity index (χ1v) is 8.48. The Morgan fingerprint density at radius 2 is 2.17 bits per heavy atom. The number of likely N-dealkylation sites (tertiary alicyclic amines) is 1. The third kappa shape index (κ3) is 4.39. The third-order valence-corrected chi connectivity index (χ3v) is 4.36. The lowest BCUT2D eigenvalue weighted by molar-refractivity contribution is 0.0856. The van der Waals surface area contributed by atoms with Crippen LogP contribution in [0, 0.1) is 0 Å². The normalized spacial score (nSPS) is 21.1. The molecule has 1 aromatic heterocycles. The van der Waals surface area contributed by atoms with E-state index in [0.29, 0.717) is 31.1 Å². The van der Waals surface area contributed by atoms with E-state index in [0.717, 1.165) is 5.69 Å². The van der Waals surface area contributed by atoms with Crippen molar-refractivity contribution in [2.75, 3.05) is 13.1 Å². The fourth-order valence-corrected chi connectivity index (χ4v) is 3.13. The van der Waals surface area contributed by atoms with Gasteiger partial charge in [0.2, 0.25) is 0 Å². The molecule has 2 unspecified atom stereocenters. The molecule has 2 atom stereocenters. The molecule has 8 nitrogen and oxygen atoms in total. The fraction of sp³-hybridized carbons (Fsp3) is 0.667. The molecule has 1 aromatic rings. The number of aromatic nitrogens is 2. The van der Waals surface area contributed by atoms with Crippen LogP contribution in [-0.4, -0.2) is 63.2 Å². The van der Waals surface area contributed by atoms with Crippen molar-refractivity contribution < 1.29 is 14.7 Å². The third-order valence-electron chi connectivity index (χ3n) is 4.04. The number of imidazole rings is 1. The van der Waals surface area contributed by atoms with Gasteiger partial charge in [0, 0.05) is 31.2 Å². The average molecular weight is 358 g/mol. The number of rotatable bonds is 5. The predicted octanol–water partition coefficient (Wildman–Crippen LogP) is 1.47. The number of carbonyl (C=O) groups is 2. The number of nitrogens with one attached hydrogen (secondary N) is 3.